The first-order valence-electron chi connectivity index (χ1n) is 31.1. The van der Waals surface area contributed by atoms with E-state index in [0.29, 0.717) is 0 Å². The maximum atomic E-state index is 7.18. The smallest absolute Gasteiger partial charge is 0.252 e. The molecule has 3 aliphatic heterocycles. The van der Waals surface area contributed by atoms with Crippen LogP contribution in [0, 0.1) is 0 Å². The largest absolute Gasteiger partial charge is 0.454 e. The van der Waals surface area contributed by atoms with Gasteiger partial charge in [0, 0.05) is 56.0 Å². The fourth-order valence-corrected chi connectivity index (χ4v) is 17.1. The van der Waals surface area contributed by atoms with Gasteiger partial charge in [0.25, 0.3) is 6.71 Å². The van der Waals surface area contributed by atoms with Crippen LogP contribution < -0.4 is 31.1 Å². The van der Waals surface area contributed by atoms with Gasteiger partial charge in [0.05, 0.1) is 11.2 Å². The van der Waals surface area contributed by atoms with Crippen LogP contribution in [0.4, 0.5) is 45.5 Å². The van der Waals surface area contributed by atoms with E-state index in [1.54, 1.807) is 0 Å². The summed E-state index contributed by atoms with van der Waals surface area (Å²) in [6.07, 6.45) is 9.26. The lowest BCUT2D eigenvalue weighted by atomic mass is 9.33. The van der Waals surface area contributed by atoms with Crippen molar-refractivity contribution in [2.75, 3.05) is 14.7 Å². The third-order valence-corrected chi connectivity index (χ3v) is 22.3. The number of hydrogen-bond acceptors (Lipinski definition) is 4. The molecule has 1 aromatic heterocycles. The predicted octanol–water partition coefficient (Wildman–Crippen LogP) is 19.4. The quantitative estimate of drug-likeness (QED) is 0.160. The van der Waals surface area contributed by atoms with E-state index in [9.17, 15) is 0 Å². The Morgan fingerprint density at radius 3 is 1.65 bits per heavy atom. The molecular weight excluding hydrogens is 1010 g/mol. The van der Waals surface area contributed by atoms with Gasteiger partial charge < -0.3 is 19.1 Å². The normalized spacial score (nSPS) is 21.9. The van der Waals surface area contributed by atoms with Gasteiger partial charge in [0.1, 0.15) is 5.58 Å². The number of anilines is 8. The van der Waals surface area contributed by atoms with Crippen molar-refractivity contribution < 1.29 is 4.42 Å². The number of rotatable bonds is 5. The van der Waals surface area contributed by atoms with Gasteiger partial charge in [0.15, 0.2) is 5.58 Å². The van der Waals surface area contributed by atoms with Crippen molar-refractivity contribution in [3.63, 3.8) is 0 Å². The average Bonchev–Trinajstić information content (AvgIpc) is 3.04. The molecule has 1 fully saturated rings. The summed E-state index contributed by atoms with van der Waals surface area (Å²) in [4.78, 5) is 8.23. The Morgan fingerprint density at radius 1 is 0.361 bits per heavy atom. The second-order valence-electron chi connectivity index (χ2n) is 28.9. The van der Waals surface area contributed by atoms with Crippen LogP contribution in [0.3, 0.4) is 0 Å². The minimum Gasteiger partial charge on any atom is -0.454 e. The van der Waals surface area contributed by atoms with Crippen molar-refractivity contribution in [3.05, 3.63) is 210 Å². The number of nitrogens with zero attached hydrogens (tertiary/aromatic N) is 3. The van der Waals surface area contributed by atoms with Gasteiger partial charge in [-0.2, -0.15) is 0 Å². The van der Waals surface area contributed by atoms with Crippen LogP contribution in [0.15, 0.2) is 186 Å². The maximum absolute atomic E-state index is 7.18. The van der Waals surface area contributed by atoms with Crippen molar-refractivity contribution in [2.24, 2.45) is 0 Å². The molecule has 4 heterocycles. The fraction of sp³-hybridized carbons (Fsp3) is 0.308. The second-order valence-corrected chi connectivity index (χ2v) is 28.9. The van der Waals surface area contributed by atoms with E-state index in [4.69, 9.17) is 4.42 Å². The zero-order valence-corrected chi connectivity index (χ0v) is 50.3. The van der Waals surface area contributed by atoms with Gasteiger partial charge in [-0.25, -0.2) is 0 Å². The van der Waals surface area contributed by atoms with E-state index >= 15 is 0 Å². The third-order valence-electron chi connectivity index (χ3n) is 22.3. The molecule has 9 aromatic carbocycles. The van der Waals surface area contributed by atoms with Gasteiger partial charge in [-0.05, 0) is 194 Å². The van der Waals surface area contributed by atoms with Gasteiger partial charge >= 0.3 is 0 Å². The minimum absolute atomic E-state index is 0.00233. The van der Waals surface area contributed by atoms with Crippen molar-refractivity contribution >= 4 is 90.5 Å². The molecule has 16 rings (SSSR count). The molecule has 0 radical (unpaired) electrons. The highest BCUT2D eigenvalue weighted by molar-refractivity contribution is 7.00. The second kappa shape index (κ2) is 17.4. The number of benzene rings is 9. The van der Waals surface area contributed by atoms with E-state index < -0.39 is 0 Å². The first-order valence-corrected chi connectivity index (χ1v) is 31.1. The summed E-state index contributed by atoms with van der Waals surface area (Å²) in [6.45, 7) is 25.0. The number of hydrogen-bond donors (Lipinski definition) is 0. The van der Waals surface area contributed by atoms with Crippen molar-refractivity contribution in [1.29, 1.82) is 0 Å². The lowest BCUT2D eigenvalue weighted by Gasteiger charge is -2.51. The SMILES string of the molecule is CC1(C)CCC(C)(C)c2cc(N3c4cc5c(cc4B4c6ccc(-c7ccccc7)cc6N(c6cccc7c6oc6ccccc67)c6cc(N7c8ccc(-c9ccccc9)cc8C8(C)CCCCC78C)cc3c64)C(C)(C)CCC5(C)C)ccc21. The zero-order chi connectivity index (χ0) is 56.7. The summed E-state index contributed by atoms with van der Waals surface area (Å²) in [5, 5.41) is 2.26. The number of para-hydroxylation sites is 2. The monoisotopic (exact) mass is 1080 g/mol. The molecule has 10 aromatic rings. The van der Waals surface area contributed by atoms with E-state index in [1.807, 2.05) is 0 Å². The standard InChI is InChI=1S/C78H76BN3O/c1-73(2)38-39-74(3,4)58-44-53(32-33-57(58)73)80-67-48-60-59(75(5,6)40-41-76(60,7)8)47-63(67)79-62-34-30-52(50-24-15-12-16-25-50)43-66(62)81(65-28-21-27-56-55-26-17-18-29-70(55)83-72(56)65)69-46-54(45-68(80)71(69)79)82-64-35-31-51(49-22-13-11-14-23-49)42-61(64)77(9)36-19-20-37-78(77,82)10/h11-18,21-35,42-48H,19-20,36-41H2,1-10H3. The van der Waals surface area contributed by atoms with Crippen LogP contribution in [0.25, 0.3) is 44.2 Å². The van der Waals surface area contributed by atoms with E-state index in [0.717, 1.165) is 59.7 Å². The van der Waals surface area contributed by atoms with Crippen LogP contribution in [0.2, 0.25) is 0 Å². The Bertz CT molecular complexity index is 4350. The first-order chi connectivity index (χ1) is 39.9. The van der Waals surface area contributed by atoms with E-state index in [2.05, 4.69) is 266 Å². The van der Waals surface area contributed by atoms with Crippen LogP contribution >= 0.6 is 0 Å². The summed E-state index contributed by atoms with van der Waals surface area (Å²) in [5.74, 6) is 0. The Balaban J connectivity index is 1.06. The molecule has 5 heteroatoms. The Kier molecular flexibility index (Phi) is 10.7. The molecule has 412 valence electrons. The molecule has 2 unspecified atom stereocenters. The maximum Gasteiger partial charge on any atom is 0.252 e. The van der Waals surface area contributed by atoms with Gasteiger partial charge in [0.2, 0.25) is 0 Å². The van der Waals surface area contributed by atoms with E-state index in [-0.39, 0.29) is 39.3 Å². The fourth-order valence-electron chi connectivity index (χ4n) is 17.1. The predicted molar refractivity (Wildman–Crippen MR) is 352 cm³/mol. The molecule has 4 nitrogen and oxygen atoms in total. The van der Waals surface area contributed by atoms with Crippen LogP contribution in [0.1, 0.15) is 148 Å². The number of furan rings is 1. The summed E-state index contributed by atoms with van der Waals surface area (Å²) in [7, 11) is 0. The van der Waals surface area contributed by atoms with Gasteiger partial charge in [-0.3, -0.25) is 0 Å². The van der Waals surface area contributed by atoms with Crippen molar-refractivity contribution in [1.82, 2.24) is 0 Å². The molecule has 83 heavy (non-hydrogen) atoms. The Hall–Kier alpha value is -7.76. The molecule has 0 saturated heterocycles. The zero-order valence-electron chi connectivity index (χ0n) is 50.3. The minimum atomic E-state index is -0.215. The molecule has 2 atom stereocenters. The first kappa shape index (κ1) is 50.9. The molecule has 3 aliphatic carbocycles. The molecule has 0 bridgehead atoms. The highest BCUT2D eigenvalue weighted by Gasteiger charge is 2.58. The molecular formula is C78H76BN3O. The average molecular weight is 1080 g/mol. The summed E-state index contributed by atoms with van der Waals surface area (Å²) in [5.41, 5.74) is 27.8. The van der Waals surface area contributed by atoms with E-state index in [1.165, 1.54) is 126 Å². The van der Waals surface area contributed by atoms with Crippen molar-refractivity contribution in [3.8, 4) is 22.3 Å². The molecule has 6 aliphatic rings. The molecule has 0 amide bonds. The van der Waals surface area contributed by atoms with Crippen LogP contribution in [-0.2, 0) is 27.1 Å². The molecule has 0 spiro atoms. The van der Waals surface area contributed by atoms with Crippen molar-refractivity contribution in [2.45, 2.75) is 153 Å². The van der Waals surface area contributed by atoms with Gasteiger partial charge in [-0.1, -0.05) is 196 Å². The highest BCUT2D eigenvalue weighted by atomic mass is 16.3. The lowest BCUT2D eigenvalue weighted by molar-refractivity contribution is 0.195. The summed E-state index contributed by atoms with van der Waals surface area (Å²) < 4.78 is 7.18. The lowest BCUT2D eigenvalue weighted by Crippen LogP contribution is -2.62. The van der Waals surface area contributed by atoms with Crippen LogP contribution in [0.5, 0.6) is 0 Å². The highest BCUT2D eigenvalue weighted by Crippen LogP contribution is 2.63. The number of fused-ring (bicyclic) bond motifs is 12. The van der Waals surface area contributed by atoms with Crippen LogP contribution in [-0.4, -0.2) is 12.3 Å². The molecule has 0 N–H and O–H groups in total. The summed E-state index contributed by atoms with van der Waals surface area (Å²) >= 11 is 0. The van der Waals surface area contributed by atoms with Gasteiger partial charge in [-0.15, -0.1) is 0 Å². The molecule has 1 saturated carbocycles. The summed E-state index contributed by atoms with van der Waals surface area (Å²) in [6, 6.07) is 70.6. The third kappa shape index (κ3) is 7.18. The Morgan fingerprint density at radius 2 is 0.940 bits per heavy atom. The Labute approximate surface area is 492 Å². The topological polar surface area (TPSA) is 22.9 Å².